The first kappa shape index (κ1) is 13.6. The van der Waals surface area contributed by atoms with E-state index in [9.17, 15) is 0 Å². The van der Waals surface area contributed by atoms with Crippen LogP contribution in [0.4, 0.5) is 5.82 Å². The molecule has 108 valence electrons. The second kappa shape index (κ2) is 5.97. The van der Waals surface area contributed by atoms with Gasteiger partial charge < -0.3 is 10.1 Å². The van der Waals surface area contributed by atoms with E-state index >= 15 is 0 Å². The Labute approximate surface area is 126 Å². The Morgan fingerprint density at radius 1 is 1.33 bits per heavy atom. The first-order chi connectivity index (χ1) is 10.3. The number of halogens is 1. The molecule has 0 saturated heterocycles. The lowest BCUT2D eigenvalue weighted by Crippen LogP contribution is -2.06. The van der Waals surface area contributed by atoms with Crippen LogP contribution in [0.25, 0.3) is 5.78 Å². The van der Waals surface area contributed by atoms with Crippen molar-refractivity contribution in [2.75, 3.05) is 11.9 Å². The molecule has 0 fully saturated rings. The molecule has 7 heteroatoms. The Morgan fingerprint density at radius 3 is 3.10 bits per heavy atom. The Kier molecular flexibility index (Phi) is 3.87. The van der Waals surface area contributed by atoms with Gasteiger partial charge in [-0.1, -0.05) is 23.7 Å². The second-order valence-corrected chi connectivity index (χ2v) is 4.76. The van der Waals surface area contributed by atoms with Crippen molar-refractivity contribution in [3.63, 3.8) is 0 Å². The second-order valence-electron chi connectivity index (χ2n) is 4.37. The Hall–Kier alpha value is -2.34. The molecule has 0 atom stereocenters. The molecule has 0 aliphatic heterocycles. The largest absolute Gasteiger partial charge is 0.494 e. The van der Waals surface area contributed by atoms with Crippen LogP contribution in [0.3, 0.4) is 0 Å². The lowest BCUT2D eigenvalue weighted by molar-refractivity contribution is 0.340. The normalized spacial score (nSPS) is 10.8. The SMILES string of the molecule is CCOc1cccc(CNc2cc(Cl)nc3ncnn23)c1. The summed E-state index contributed by atoms with van der Waals surface area (Å²) in [5.41, 5.74) is 1.10. The summed E-state index contributed by atoms with van der Waals surface area (Å²) in [6.07, 6.45) is 1.44. The van der Waals surface area contributed by atoms with Crippen LogP contribution < -0.4 is 10.1 Å². The van der Waals surface area contributed by atoms with Crippen molar-refractivity contribution in [3.05, 3.63) is 47.4 Å². The molecule has 0 aliphatic rings. The zero-order valence-corrected chi connectivity index (χ0v) is 12.2. The number of anilines is 1. The number of fused-ring (bicyclic) bond motifs is 1. The van der Waals surface area contributed by atoms with Crippen LogP contribution in [0.5, 0.6) is 5.75 Å². The molecular formula is C14H14ClN5O. The number of hydrogen-bond acceptors (Lipinski definition) is 5. The summed E-state index contributed by atoms with van der Waals surface area (Å²) < 4.78 is 7.10. The average Bonchev–Trinajstić information content (AvgIpc) is 2.93. The number of benzene rings is 1. The summed E-state index contributed by atoms with van der Waals surface area (Å²) in [5.74, 6) is 2.06. The fraction of sp³-hybridized carbons (Fsp3) is 0.214. The first-order valence-corrected chi connectivity index (χ1v) is 6.96. The van der Waals surface area contributed by atoms with Crippen LogP contribution in [0.2, 0.25) is 5.15 Å². The molecule has 0 aliphatic carbocycles. The number of hydrogen-bond donors (Lipinski definition) is 1. The van der Waals surface area contributed by atoms with E-state index < -0.39 is 0 Å². The molecule has 2 heterocycles. The third-order valence-corrected chi connectivity index (χ3v) is 3.10. The van der Waals surface area contributed by atoms with Gasteiger partial charge in [0.05, 0.1) is 6.61 Å². The predicted molar refractivity (Wildman–Crippen MR) is 80.7 cm³/mol. The Bertz CT molecular complexity index is 758. The van der Waals surface area contributed by atoms with Crippen molar-refractivity contribution in [1.82, 2.24) is 19.6 Å². The monoisotopic (exact) mass is 303 g/mol. The van der Waals surface area contributed by atoms with Crippen LogP contribution >= 0.6 is 11.6 Å². The summed E-state index contributed by atoms with van der Waals surface area (Å²) in [4.78, 5) is 8.11. The molecule has 0 amide bonds. The predicted octanol–water partition coefficient (Wildman–Crippen LogP) is 2.79. The molecule has 3 rings (SSSR count). The highest BCUT2D eigenvalue weighted by Gasteiger charge is 2.06. The fourth-order valence-corrected chi connectivity index (χ4v) is 2.19. The van der Waals surface area contributed by atoms with Gasteiger partial charge in [0, 0.05) is 12.6 Å². The minimum Gasteiger partial charge on any atom is -0.494 e. The minimum absolute atomic E-state index is 0.376. The van der Waals surface area contributed by atoms with Crippen molar-refractivity contribution < 1.29 is 4.74 Å². The number of ether oxygens (including phenoxy) is 1. The number of nitrogens with zero attached hydrogens (tertiary/aromatic N) is 4. The number of aromatic nitrogens is 4. The highest BCUT2D eigenvalue weighted by Crippen LogP contribution is 2.17. The third-order valence-electron chi connectivity index (χ3n) is 2.90. The van der Waals surface area contributed by atoms with E-state index in [0.717, 1.165) is 17.1 Å². The number of nitrogens with one attached hydrogen (secondary N) is 1. The topological polar surface area (TPSA) is 64.3 Å². The minimum atomic E-state index is 0.376. The van der Waals surface area contributed by atoms with E-state index in [-0.39, 0.29) is 0 Å². The van der Waals surface area contributed by atoms with Gasteiger partial charge in [-0.05, 0) is 24.6 Å². The van der Waals surface area contributed by atoms with Crippen molar-refractivity contribution in [1.29, 1.82) is 0 Å². The van der Waals surface area contributed by atoms with E-state index in [2.05, 4.69) is 20.4 Å². The summed E-state index contributed by atoms with van der Waals surface area (Å²) >= 11 is 5.98. The Morgan fingerprint density at radius 2 is 2.24 bits per heavy atom. The fourth-order valence-electron chi connectivity index (χ4n) is 2.01. The molecule has 3 aromatic rings. The van der Waals surface area contributed by atoms with Crippen molar-refractivity contribution in [3.8, 4) is 5.75 Å². The third kappa shape index (κ3) is 3.05. The molecule has 21 heavy (non-hydrogen) atoms. The van der Waals surface area contributed by atoms with E-state index in [0.29, 0.717) is 24.1 Å². The standard InChI is InChI=1S/C14H14ClN5O/c1-2-21-11-5-3-4-10(6-11)8-16-13-7-12(15)19-14-17-9-18-20(13)14/h3-7,9,16H,2,8H2,1H3. The molecule has 1 aromatic carbocycles. The highest BCUT2D eigenvalue weighted by molar-refractivity contribution is 6.29. The van der Waals surface area contributed by atoms with E-state index in [4.69, 9.17) is 16.3 Å². The lowest BCUT2D eigenvalue weighted by atomic mass is 10.2. The molecule has 0 bridgehead atoms. The van der Waals surface area contributed by atoms with E-state index in [1.807, 2.05) is 31.2 Å². The maximum atomic E-state index is 5.98. The maximum absolute atomic E-state index is 5.98. The van der Waals surface area contributed by atoms with Crippen LogP contribution in [0.15, 0.2) is 36.7 Å². The van der Waals surface area contributed by atoms with Gasteiger partial charge in [-0.15, -0.1) is 0 Å². The summed E-state index contributed by atoms with van der Waals surface area (Å²) in [5, 5.41) is 7.77. The van der Waals surface area contributed by atoms with Gasteiger partial charge in [0.25, 0.3) is 5.78 Å². The molecular weight excluding hydrogens is 290 g/mol. The van der Waals surface area contributed by atoms with Gasteiger partial charge in [-0.2, -0.15) is 19.6 Å². The molecule has 6 nitrogen and oxygen atoms in total. The van der Waals surface area contributed by atoms with Gasteiger partial charge in [0.2, 0.25) is 0 Å². The zero-order chi connectivity index (χ0) is 14.7. The Balaban J connectivity index is 1.80. The van der Waals surface area contributed by atoms with Crippen LogP contribution in [-0.2, 0) is 6.54 Å². The molecule has 0 saturated carbocycles. The van der Waals surface area contributed by atoms with Gasteiger partial charge in [-0.25, -0.2) is 0 Å². The van der Waals surface area contributed by atoms with Gasteiger partial charge >= 0.3 is 0 Å². The van der Waals surface area contributed by atoms with E-state index in [1.165, 1.54) is 6.33 Å². The van der Waals surface area contributed by atoms with Gasteiger partial charge in [-0.3, -0.25) is 0 Å². The summed E-state index contributed by atoms with van der Waals surface area (Å²) in [6.45, 7) is 3.23. The molecule has 2 aromatic heterocycles. The molecule has 0 spiro atoms. The van der Waals surface area contributed by atoms with Crippen LogP contribution in [-0.4, -0.2) is 26.2 Å². The summed E-state index contributed by atoms with van der Waals surface area (Å²) in [7, 11) is 0. The lowest BCUT2D eigenvalue weighted by Gasteiger charge is -2.09. The zero-order valence-electron chi connectivity index (χ0n) is 11.5. The van der Waals surface area contributed by atoms with Gasteiger partial charge in [0.1, 0.15) is 23.0 Å². The van der Waals surface area contributed by atoms with Crippen molar-refractivity contribution in [2.24, 2.45) is 0 Å². The van der Waals surface area contributed by atoms with E-state index in [1.54, 1.807) is 10.6 Å². The molecule has 0 unspecified atom stereocenters. The number of rotatable bonds is 5. The van der Waals surface area contributed by atoms with Crippen LogP contribution in [0, 0.1) is 0 Å². The average molecular weight is 304 g/mol. The summed E-state index contributed by atoms with van der Waals surface area (Å²) in [6, 6.07) is 9.64. The highest BCUT2D eigenvalue weighted by atomic mass is 35.5. The smallest absolute Gasteiger partial charge is 0.255 e. The quantitative estimate of drug-likeness (QED) is 0.734. The first-order valence-electron chi connectivity index (χ1n) is 6.58. The maximum Gasteiger partial charge on any atom is 0.255 e. The van der Waals surface area contributed by atoms with Crippen molar-refractivity contribution >= 4 is 23.2 Å². The van der Waals surface area contributed by atoms with Gasteiger partial charge in [0.15, 0.2) is 0 Å². The molecule has 0 radical (unpaired) electrons. The van der Waals surface area contributed by atoms with Crippen LogP contribution in [0.1, 0.15) is 12.5 Å². The molecule has 1 N–H and O–H groups in total. The van der Waals surface area contributed by atoms with Crippen molar-refractivity contribution in [2.45, 2.75) is 13.5 Å².